The molecule has 0 spiro atoms. The van der Waals surface area contributed by atoms with Gasteiger partial charge in [0, 0.05) is 31.3 Å². The van der Waals surface area contributed by atoms with Crippen LogP contribution in [0.2, 0.25) is 0 Å². The fourth-order valence-corrected chi connectivity index (χ4v) is 3.94. The molecule has 3 nitrogen and oxygen atoms in total. The maximum absolute atomic E-state index is 14.3. The number of hydrogen-bond donors (Lipinski definition) is 0. The number of halogens is 1. The molecule has 0 N–H and O–H groups in total. The quantitative estimate of drug-likeness (QED) is 0.862. The normalized spacial score (nSPS) is 26.1. The zero-order chi connectivity index (χ0) is 16.0. The van der Waals surface area contributed by atoms with Gasteiger partial charge in [-0.15, -0.1) is 0 Å². The van der Waals surface area contributed by atoms with Crippen molar-refractivity contribution in [2.75, 3.05) is 20.2 Å². The van der Waals surface area contributed by atoms with E-state index in [1.54, 1.807) is 13.2 Å². The highest BCUT2D eigenvalue weighted by Crippen LogP contribution is 2.51. The second-order valence-electron chi connectivity index (χ2n) is 6.74. The van der Waals surface area contributed by atoms with Crippen molar-refractivity contribution in [1.82, 2.24) is 9.88 Å². The molecule has 1 saturated heterocycles. The molecule has 1 saturated carbocycles. The van der Waals surface area contributed by atoms with E-state index < -0.39 is 0 Å². The summed E-state index contributed by atoms with van der Waals surface area (Å²) in [6, 6.07) is 9.72. The summed E-state index contributed by atoms with van der Waals surface area (Å²) in [4.78, 5) is 6.42. The van der Waals surface area contributed by atoms with Crippen molar-refractivity contribution in [2.45, 2.75) is 13.5 Å². The Bertz CT molecular complexity index is 721. The van der Waals surface area contributed by atoms with E-state index in [0.717, 1.165) is 35.4 Å². The fraction of sp³-hybridized carbons (Fsp3) is 0.421. The molecule has 120 valence electrons. The summed E-state index contributed by atoms with van der Waals surface area (Å²) in [6.07, 6.45) is 1.23. The predicted molar refractivity (Wildman–Crippen MR) is 87.6 cm³/mol. The average molecular weight is 312 g/mol. The van der Waals surface area contributed by atoms with Gasteiger partial charge in [0.1, 0.15) is 5.82 Å². The first-order valence-corrected chi connectivity index (χ1v) is 8.17. The lowest BCUT2D eigenvalue weighted by atomic mass is 9.99. The summed E-state index contributed by atoms with van der Waals surface area (Å²) >= 11 is 0. The van der Waals surface area contributed by atoms with Gasteiger partial charge in [0.25, 0.3) is 0 Å². The van der Waals surface area contributed by atoms with Crippen LogP contribution in [0.15, 0.2) is 36.5 Å². The van der Waals surface area contributed by atoms with Crippen LogP contribution in [0.3, 0.4) is 0 Å². The summed E-state index contributed by atoms with van der Waals surface area (Å²) < 4.78 is 19.4. The van der Waals surface area contributed by atoms with Crippen LogP contribution < -0.4 is 4.74 Å². The fourth-order valence-electron chi connectivity index (χ4n) is 3.94. The zero-order valence-electron chi connectivity index (χ0n) is 13.5. The summed E-state index contributed by atoms with van der Waals surface area (Å²) in [5.74, 6) is 2.77. The van der Waals surface area contributed by atoms with E-state index in [0.29, 0.717) is 11.4 Å². The maximum Gasteiger partial charge on any atom is 0.213 e. The summed E-state index contributed by atoms with van der Waals surface area (Å²) in [5.41, 5.74) is 2.65. The SMILES string of the molecule is COc1cc(-c2ccccc2CN2CC3C(C)C3C2)c(F)cn1. The largest absolute Gasteiger partial charge is 0.481 e. The van der Waals surface area contributed by atoms with Gasteiger partial charge >= 0.3 is 0 Å². The number of methoxy groups -OCH3 is 1. The second kappa shape index (κ2) is 5.60. The van der Waals surface area contributed by atoms with Crippen LogP contribution in [0.4, 0.5) is 4.39 Å². The second-order valence-corrected chi connectivity index (χ2v) is 6.74. The Morgan fingerprint density at radius 1 is 1.22 bits per heavy atom. The Hall–Kier alpha value is -1.94. The molecule has 0 amide bonds. The lowest BCUT2D eigenvalue weighted by Gasteiger charge is -2.21. The Morgan fingerprint density at radius 2 is 1.96 bits per heavy atom. The first kappa shape index (κ1) is 14.6. The number of ether oxygens (including phenoxy) is 1. The van der Waals surface area contributed by atoms with Crippen molar-refractivity contribution in [1.29, 1.82) is 0 Å². The minimum absolute atomic E-state index is 0.309. The number of rotatable bonds is 4. The van der Waals surface area contributed by atoms with Gasteiger partial charge in [-0.1, -0.05) is 31.2 Å². The Balaban J connectivity index is 1.62. The minimum atomic E-state index is -0.309. The van der Waals surface area contributed by atoms with Crippen LogP contribution in [0.1, 0.15) is 12.5 Å². The first-order valence-electron chi connectivity index (χ1n) is 8.17. The van der Waals surface area contributed by atoms with E-state index in [9.17, 15) is 4.39 Å². The van der Waals surface area contributed by atoms with E-state index in [2.05, 4.69) is 22.9 Å². The molecule has 1 aromatic carbocycles. The molecule has 4 heteroatoms. The molecule has 0 bridgehead atoms. The van der Waals surface area contributed by atoms with Crippen LogP contribution >= 0.6 is 0 Å². The number of nitrogens with zero attached hydrogens (tertiary/aromatic N) is 2. The molecule has 1 aliphatic heterocycles. The van der Waals surface area contributed by atoms with Crippen LogP contribution in [-0.2, 0) is 6.54 Å². The molecule has 1 aromatic heterocycles. The van der Waals surface area contributed by atoms with Crippen LogP contribution in [-0.4, -0.2) is 30.1 Å². The van der Waals surface area contributed by atoms with E-state index in [1.807, 2.05) is 18.2 Å². The van der Waals surface area contributed by atoms with E-state index in [1.165, 1.54) is 19.3 Å². The van der Waals surface area contributed by atoms with Crippen molar-refractivity contribution in [3.63, 3.8) is 0 Å². The van der Waals surface area contributed by atoms with Gasteiger partial charge in [-0.2, -0.15) is 0 Å². The van der Waals surface area contributed by atoms with Gasteiger partial charge in [-0.3, -0.25) is 4.90 Å². The van der Waals surface area contributed by atoms with Crippen LogP contribution in [0.25, 0.3) is 11.1 Å². The van der Waals surface area contributed by atoms with E-state index >= 15 is 0 Å². The topological polar surface area (TPSA) is 25.4 Å². The van der Waals surface area contributed by atoms with Crippen molar-refractivity contribution in [3.8, 4) is 17.0 Å². The molecule has 2 heterocycles. The maximum atomic E-state index is 14.3. The smallest absolute Gasteiger partial charge is 0.213 e. The molecule has 2 atom stereocenters. The number of piperidine rings is 1. The van der Waals surface area contributed by atoms with Gasteiger partial charge in [-0.25, -0.2) is 9.37 Å². The summed E-state index contributed by atoms with van der Waals surface area (Å²) in [5, 5.41) is 0. The van der Waals surface area contributed by atoms with Gasteiger partial charge < -0.3 is 4.74 Å². The third kappa shape index (κ3) is 2.61. The van der Waals surface area contributed by atoms with E-state index in [4.69, 9.17) is 4.74 Å². The molecule has 1 aliphatic carbocycles. The Labute approximate surface area is 136 Å². The van der Waals surface area contributed by atoms with Gasteiger partial charge in [0.05, 0.1) is 13.3 Å². The number of fused-ring (bicyclic) bond motifs is 1. The first-order chi connectivity index (χ1) is 11.2. The lowest BCUT2D eigenvalue weighted by Crippen LogP contribution is -2.23. The number of pyridine rings is 1. The number of hydrogen-bond acceptors (Lipinski definition) is 3. The Kier molecular flexibility index (Phi) is 3.57. The zero-order valence-corrected chi connectivity index (χ0v) is 13.5. The number of benzene rings is 1. The molecule has 2 fully saturated rings. The van der Waals surface area contributed by atoms with Crippen LogP contribution in [0, 0.1) is 23.6 Å². The van der Waals surface area contributed by atoms with Crippen molar-refractivity contribution in [2.24, 2.45) is 17.8 Å². The predicted octanol–water partition coefficient (Wildman–Crippen LogP) is 3.59. The van der Waals surface area contributed by atoms with Gasteiger partial charge in [-0.05, 0) is 28.9 Å². The minimum Gasteiger partial charge on any atom is -0.481 e. The molecule has 4 rings (SSSR count). The van der Waals surface area contributed by atoms with Crippen molar-refractivity contribution in [3.05, 3.63) is 47.9 Å². The average Bonchev–Trinajstić information content (AvgIpc) is 2.98. The third-order valence-corrected chi connectivity index (χ3v) is 5.44. The molecular formula is C19H21FN2O. The van der Waals surface area contributed by atoms with Crippen molar-refractivity contribution >= 4 is 0 Å². The van der Waals surface area contributed by atoms with Crippen molar-refractivity contribution < 1.29 is 9.13 Å². The molecule has 2 aromatic rings. The standard InChI is InChI=1S/C19H21FN2O/c1-12-16-10-22(11-17(12)16)9-13-5-3-4-6-14(13)15-7-19(23-2)21-8-18(15)20/h3-8,12,16-17H,9-11H2,1-2H3. The molecule has 2 aliphatic rings. The Morgan fingerprint density at radius 3 is 2.70 bits per heavy atom. The molecule has 0 radical (unpaired) electrons. The third-order valence-electron chi connectivity index (χ3n) is 5.44. The summed E-state index contributed by atoms with van der Waals surface area (Å²) in [6.45, 7) is 5.56. The molecule has 23 heavy (non-hydrogen) atoms. The lowest BCUT2D eigenvalue weighted by molar-refractivity contribution is 0.282. The monoisotopic (exact) mass is 312 g/mol. The highest BCUT2D eigenvalue weighted by molar-refractivity contribution is 5.68. The van der Waals surface area contributed by atoms with Gasteiger partial charge in [0.15, 0.2) is 0 Å². The van der Waals surface area contributed by atoms with Crippen LogP contribution in [0.5, 0.6) is 5.88 Å². The molecular weight excluding hydrogens is 291 g/mol. The highest BCUT2D eigenvalue weighted by atomic mass is 19.1. The van der Waals surface area contributed by atoms with Gasteiger partial charge in [0.2, 0.25) is 5.88 Å². The summed E-state index contributed by atoms with van der Waals surface area (Å²) in [7, 11) is 1.55. The molecule has 2 unspecified atom stereocenters. The number of likely N-dealkylation sites (tertiary alicyclic amines) is 1. The highest BCUT2D eigenvalue weighted by Gasteiger charge is 2.52. The van der Waals surface area contributed by atoms with E-state index in [-0.39, 0.29) is 5.82 Å². The number of aromatic nitrogens is 1.